The Morgan fingerprint density at radius 2 is 2.15 bits per heavy atom. The normalized spacial score (nSPS) is 22.1. The molecule has 1 aromatic rings. The maximum Gasteiger partial charge on any atom is 0.330 e. The Balaban J connectivity index is 1.89. The summed E-state index contributed by atoms with van der Waals surface area (Å²) >= 11 is 3.28. The number of aliphatic hydroxyl groups is 2. The van der Waals surface area contributed by atoms with Gasteiger partial charge in [-0.05, 0) is 25.7 Å². The topological polar surface area (TPSA) is 134 Å². The zero-order chi connectivity index (χ0) is 19.8. The summed E-state index contributed by atoms with van der Waals surface area (Å²) in [4.78, 5) is 37.8. The van der Waals surface area contributed by atoms with Crippen molar-refractivity contribution >= 4 is 21.8 Å². The molecule has 152 valence electrons. The molecule has 0 aromatic carbocycles. The molecular weight excluding hydrogens is 422 g/mol. The fourth-order valence-corrected chi connectivity index (χ4v) is 3.23. The number of hydrogen-bond donors (Lipinski definition) is 4. The van der Waals surface area contributed by atoms with Crippen LogP contribution < -0.4 is 16.6 Å². The number of carbonyl (C=O) groups is 1. The van der Waals surface area contributed by atoms with Gasteiger partial charge >= 0.3 is 5.69 Å². The van der Waals surface area contributed by atoms with Gasteiger partial charge in [-0.2, -0.15) is 0 Å². The van der Waals surface area contributed by atoms with E-state index in [1.54, 1.807) is 0 Å². The van der Waals surface area contributed by atoms with Crippen LogP contribution in [-0.2, 0) is 16.0 Å². The van der Waals surface area contributed by atoms with Gasteiger partial charge in [0, 0.05) is 36.5 Å². The summed E-state index contributed by atoms with van der Waals surface area (Å²) < 4.78 is 6.72. The van der Waals surface area contributed by atoms with Crippen LogP contribution in [-0.4, -0.2) is 56.4 Å². The number of nitrogens with zero attached hydrogens (tertiary/aromatic N) is 1. The molecule has 9 nitrogen and oxygen atoms in total. The molecule has 1 saturated heterocycles. The molecule has 10 heteroatoms. The van der Waals surface area contributed by atoms with E-state index in [1.165, 1.54) is 10.8 Å². The van der Waals surface area contributed by atoms with Gasteiger partial charge in [-0.3, -0.25) is 19.1 Å². The van der Waals surface area contributed by atoms with E-state index in [1.807, 2.05) is 0 Å². The van der Waals surface area contributed by atoms with Crippen LogP contribution in [0.25, 0.3) is 0 Å². The molecule has 0 saturated carbocycles. The van der Waals surface area contributed by atoms with Crippen LogP contribution in [0.15, 0.2) is 15.8 Å². The Hall–Kier alpha value is -1.49. The predicted molar refractivity (Wildman–Crippen MR) is 102 cm³/mol. The fraction of sp³-hybridized carbons (Fsp3) is 0.706. The van der Waals surface area contributed by atoms with Crippen molar-refractivity contribution in [3.8, 4) is 0 Å². The lowest BCUT2D eigenvalue weighted by Crippen LogP contribution is -2.34. The Kier molecular flexibility index (Phi) is 8.68. The van der Waals surface area contributed by atoms with E-state index in [0.29, 0.717) is 37.8 Å². The number of amides is 1. The molecule has 2 heterocycles. The van der Waals surface area contributed by atoms with E-state index in [4.69, 9.17) is 9.84 Å². The minimum Gasteiger partial charge on any atom is -0.394 e. The molecule has 4 N–H and O–H groups in total. The molecule has 27 heavy (non-hydrogen) atoms. The highest BCUT2D eigenvalue weighted by atomic mass is 79.9. The number of rotatable bonds is 10. The largest absolute Gasteiger partial charge is 0.394 e. The quantitative estimate of drug-likeness (QED) is 0.289. The second-order valence-corrected chi connectivity index (χ2v) is 7.33. The Morgan fingerprint density at radius 3 is 2.81 bits per heavy atom. The lowest BCUT2D eigenvalue weighted by molar-refractivity contribution is -0.121. The van der Waals surface area contributed by atoms with Crippen LogP contribution in [0.4, 0.5) is 0 Å². The number of nitrogens with one attached hydrogen (secondary N) is 2. The highest BCUT2D eigenvalue weighted by Crippen LogP contribution is 2.27. The smallest absolute Gasteiger partial charge is 0.330 e. The molecular formula is C17H26BrN3O6. The molecule has 1 aliphatic heterocycles. The molecule has 0 aliphatic carbocycles. The number of aliphatic hydroxyl groups excluding tert-OH is 2. The number of unbranched alkanes of at least 4 members (excludes halogenated alkanes) is 1. The first-order valence-electron chi connectivity index (χ1n) is 9.07. The minimum absolute atomic E-state index is 0.0104. The summed E-state index contributed by atoms with van der Waals surface area (Å²) in [5, 5.41) is 22.6. The second-order valence-electron chi connectivity index (χ2n) is 6.54. The van der Waals surface area contributed by atoms with Crippen LogP contribution in [0.1, 0.15) is 43.9 Å². The summed E-state index contributed by atoms with van der Waals surface area (Å²) in [5.41, 5.74) is -0.626. The number of aryl methyl sites for hydroxylation is 1. The number of aromatic amines is 1. The predicted octanol–water partition coefficient (Wildman–Crippen LogP) is -0.209. The van der Waals surface area contributed by atoms with E-state index < -0.39 is 29.7 Å². The Labute approximate surface area is 164 Å². The highest BCUT2D eigenvalue weighted by Gasteiger charge is 2.35. The van der Waals surface area contributed by atoms with E-state index in [9.17, 15) is 19.5 Å². The van der Waals surface area contributed by atoms with Crippen molar-refractivity contribution in [2.45, 2.75) is 57.0 Å². The first kappa shape index (κ1) is 21.8. The first-order valence-corrected chi connectivity index (χ1v) is 10.2. The average molecular weight is 448 g/mol. The first-order chi connectivity index (χ1) is 13.0. The average Bonchev–Trinajstić information content (AvgIpc) is 3.01. The third kappa shape index (κ3) is 6.27. The second kappa shape index (κ2) is 10.7. The van der Waals surface area contributed by atoms with Gasteiger partial charge < -0.3 is 20.3 Å². The summed E-state index contributed by atoms with van der Waals surface area (Å²) in [6.45, 7) is 0.193. The SMILES string of the molecule is O=C(CCCBr)NCCCCc1cn([C@H]2C[C@H](O)[C@@H](CO)O2)c(=O)[nH]c1=O. The van der Waals surface area contributed by atoms with E-state index in [0.717, 1.165) is 11.8 Å². The molecule has 0 bridgehead atoms. The standard InChI is InChI=1S/C17H26BrN3O6/c18-6-3-5-14(24)19-7-2-1-4-11-9-21(17(26)20-16(11)25)15-8-12(23)13(10-22)27-15/h9,12-13,15,22-23H,1-8,10H2,(H,19,24)(H,20,25,26)/t12-,13+,15+/m0/s1. The molecule has 0 radical (unpaired) electrons. The molecule has 2 rings (SSSR count). The van der Waals surface area contributed by atoms with Gasteiger partial charge in [0.05, 0.1) is 12.7 Å². The Bertz CT molecular complexity index is 734. The van der Waals surface area contributed by atoms with Crippen LogP contribution in [0.2, 0.25) is 0 Å². The number of hydrogen-bond acceptors (Lipinski definition) is 6. The van der Waals surface area contributed by atoms with Gasteiger partial charge in [0.2, 0.25) is 5.91 Å². The summed E-state index contributed by atoms with van der Waals surface area (Å²) in [5.74, 6) is 0.0104. The fourth-order valence-electron chi connectivity index (χ4n) is 2.95. The monoisotopic (exact) mass is 447 g/mol. The van der Waals surface area contributed by atoms with Crippen LogP contribution in [0, 0.1) is 0 Å². The molecule has 3 atom stereocenters. The molecule has 1 aromatic heterocycles. The van der Waals surface area contributed by atoms with Gasteiger partial charge in [0.15, 0.2) is 0 Å². The lowest BCUT2D eigenvalue weighted by atomic mass is 10.1. The number of carbonyl (C=O) groups excluding carboxylic acids is 1. The number of H-pyrrole nitrogens is 1. The van der Waals surface area contributed by atoms with Crippen LogP contribution in [0.3, 0.4) is 0 Å². The van der Waals surface area contributed by atoms with Gasteiger partial charge in [-0.25, -0.2) is 4.79 Å². The zero-order valence-corrected chi connectivity index (χ0v) is 16.6. The van der Waals surface area contributed by atoms with Crippen molar-refractivity contribution in [2.24, 2.45) is 0 Å². The third-order valence-corrected chi connectivity index (χ3v) is 5.03. The Morgan fingerprint density at radius 1 is 1.37 bits per heavy atom. The van der Waals surface area contributed by atoms with E-state index >= 15 is 0 Å². The number of alkyl halides is 1. The van der Waals surface area contributed by atoms with Crippen molar-refractivity contribution in [1.29, 1.82) is 0 Å². The van der Waals surface area contributed by atoms with Gasteiger partial charge in [0.25, 0.3) is 5.56 Å². The molecule has 1 amide bonds. The van der Waals surface area contributed by atoms with Crippen molar-refractivity contribution in [2.75, 3.05) is 18.5 Å². The summed E-state index contributed by atoms with van der Waals surface area (Å²) in [6, 6.07) is 0. The number of ether oxygens (including phenoxy) is 1. The number of halogens is 1. The van der Waals surface area contributed by atoms with Gasteiger partial charge in [-0.15, -0.1) is 0 Å². The number of aromatic nitrogens is 2. The van der Waals surface area contributed by atoms with E-state index in [-0.39, 0.29) is 18.9 Å². The van der Waals surface area contributed by atoms with Crippen molar-refractivity contribution in [3.05, 3.63) is 32.6 Å². The van der Waals surface area contributed by atoms with Crippen molar-refractivity contribution in [3.63, 3.8) is 0 Å². The lowest BCUT2D eigenvalue weighted by Gasteiger charge is -2.15. The third-order valence-electron chi connectivity index (χ3n) is 4.47. The summed E-state index contributed by atoms with van der Waals surface area (Å²) in [7, 11) is 0. The molecule has 0 unspecified atom stereocenters. The van der Waals surface area contributed by atoms with Gasteiger partial charge in [0.1, 0.15) is 12.3 Å². The van der Waals surface area contributed by atoms with Crippen molar-refractivity contribution < 1.29 is 19.7 Å². The maximum atomic E-state index is 12.1. The van der Waals surface area contributed by atoms with Crippen molar-refractivity contribution in [1.82, 2.24) is 14.9 Å². The zero-order valence-electron chi connectivity index (χ0n) is 15.0. The molecule has 1 aliphatic rings. The van der Waals surface area contributed by atoms with E-state index in [2.05, 4.69) is 26.2 Å². The molecule has 0 spiro atoms. The minimum atomic E-state index is -0.865. The molecule has 1 fully saturated rings. The summed E-state index contributed by atoms with van der Waals surface area (Å²) in [6.07, 6.45) is 2.39. The maximum absolute atomic E-state index is 12.1. The van der Waals surface area contributed by atoms with Gasteiger partial charge in [-0.1, -0.05) is 15.9 Å². The van der Waals surface area contributed by atoms with Crippen LogP contribution in [0.5, 0.6) is 0 Å². The highest BCUT2D eigenvalue weighted by molar-refractivity contribution is 9.09. The van der Waals surface area contributed by atoms with Crippen LogP contribution >= 0.6 is 15.9 Å².